The summed E-state index contributed by atoms with van der Waals surface area (Å²) < 4.78 is 14.5. The predicted octanol–water partition coefficient (Wildman–Crippen LogP) is 8.74. The largest absolute Gasteiger partial charge is 0.382 e. The molecule has 9 heteroatoms. The summed E-state index contributed by atoms with van der Waals surface area (Å²) in [7, 11) is 0. The van der Waals surface area contributed by atoms with Gasteiger partial charge in [0.05, 0.1) is 33.0 Å². The van der Waals surface area contributed by atoms with Crippen molar-refractivity contribution in [2.75, 3.05) is 0 Å². The molecular weight excluding hydrogens is 607 g/mol. The number of ether oxygens (including phenoxy) is 1. The van der Waals surface area contributed by atoms with E-state index in [0.29, 0.717) is 39.7 Å². The standard InChI is InChI=1S/C29H27BrCl2N2O3S/c1-14-9-16-10-18(12-20(14)29(16,35)28-33-23-8-7-17(30)11-24(23)38-28)36-13-19-26(34-37-27(19)15-5-6-15)25-21(31)3-2-4-22(25)32/h2-4,7-8,11,14-16,18,20,35H,5-6,9-10,12-13H2,1H3/t14-,16+,18-,20+,29-/m0/s1. The molecule has 5 nitrogen and oxygen atoms in total. The van der Waals surface area contributed by atoms with Crippen LogP contribution in [0.5, 0.6) is 0 Å². The van der Waals surface area contributed by atoms with Crippen LogP contribution in [-0.2, 0) is 16.9 Å². The van der Waals surface area contributed by atoms with Crippen LogP contribution >= 0.6 is 50.5 Å². The summed E-state index contributed by atoms with van der Waals surface area (Å²) in [5, 5.41) is 18.5. The van der Waals surface area contributed by atoms with Gasteiger partial charge < -0.3 is 14.4 Å². The first-order valence-corrected chi connectivity index (χ1v) is 15.5. The molecule has 7 rings (SSSR count). The summed E-state index contributed by atoms with van der Waals surface area (Å²) in [6, 6.07) is 11.6. The van der Waals surface area contributed by atoms with E-state index in [1.54, 1.807) is 11.3 Å². The Morgan fingerprint density at radius 2 is 1.95 bits per heavy atom. The molecule has 38 heavy (non-hydrogen) atoms. The monoisotopic (exact) mass is 632 g/mol. The Kier molecular flexibility index (Phi) is 6.42. The fourth-order valence-corrected chi connectivity index (χ4v) is 9.03. The van der Waals surface area contributed by atoms with Crippen LogP contribution in [0.1, 0.15) is 61.3 Å². The second-order valence-electron chi connectivity index (χ2n) is 11.1. The molecule has 3 fully saturated rings. The van der Waals surface area contributed by atoms with Gasteiger partial charge in [-0.1, -0.05) is 57.3 Å². The fraction of sp³-hybridized carbons (Fsp3) is 0.448. The zero-order valence-corrected chi connectivity index (χ0v) is 24.7. The Hall–Kier alpha value is -1.48. The number of halogens is 3. The average molecular weight is 634 g/mol. The molecule has 198 valence electrons. The van der Waals surface area contributed by atoms with Crippen molar-refractivity contribution in [3.63, 3.8) is 0 Å². The van der Waals surface area contributed by atoms with Crippen molar-refractivity contribution in [3.05, 3.63) is 67.2 Å². The normalized spacial score (nSPS) is 28.9. The maximum absolute atomic E-state index is 12.2. The fourth-order valence-electron chi connectivity index (χ4n) is 6.70. The minimum Gasteiger partial charge on any atom is -0.382 e. The van der Waals surface area contributed by atoms with Gasteiger partial charge in [0.1, 0.15) is 22.1 Å². The van der Waals surface area contributed by atoms with E-state index < -0.39 is 5.60 Å². The van der Waals surface area contributed by atoms with Crippen molar-refractivity contribution < 1.29 is 14.4 Å². The molecule has 3 saturated carbocycles. The first-order chi connectivity index (χ1) is 18.3. The van der Waals surface area contributed by atoms with Gasteiger partial charge in [-0.25, -0.2) is 4.98 Å². The molecule has 0 spiro atoms. The third kappa shape index (κ3) is 4.16. The molecular formula is C29H27BrCl2N2O3S. The van der Waals surface area contributed by atoms with E-state index in [1.807, 2.05) is 30.3 Å². The van der Waals surface area contributed by atoms with Crippen LogP contribution in [0.15, 0.2) is 45.4 Å². The minimum atomic E-state index is -0.915. The molecule has 0 aliphatic heterocycles. The molecule has 2 aromatic carbocycles. The van der Waals surface area contributed by atoms with Gasteiger partial charge in [-0.05, 0) is 80.2 Å². The number of nitrogens with zero attached hydrogens (tertiary/aromatic N) is 2. The molecule has 3 aliphatic rings. The number of aromatic nitrogens is 2. The highest BCUT2D eigenvalue weighted by atomic mass is 79.9. The summed E-state index contributed by atoms with van der Waals surface area (Å²) in [4.78, 5) is 4.90. The molecule has 3 aliphatic carbocycles. The molecule has 2 aromatic heterocycles. The smallest absolute Gasteiger partial charge is 0.145 e. The molecule has 0 unspecified atom stereocenters. The highest BCUT2D eigenvalue weighted by molar-refractivity contribution is 9.10. The minimum absolute atomic E-state index is 0.0373. The van der Waals surface area contributed by atoms with Gasteiger partial charge in [-0.2, -0.15) is 0 Å². The number of thiazole rings is 1. The Morgan fingerprint density at radius 3 is 2.68 bits per heavy atom. The van der Waals surface area contributed by atoms with Crippen molar-refractivity contribution in [2.45, 2.75) is 63.3 Å². The molecule has 2 heterocycles. The van der Waals surface area contributed by atoms with Crippen LogP contribution in [-0.4, -0.2) is 21.4 Å². The van der Waals surface area contributed by atoms with Crippen LogP contribution in [0.2, 0.25) is 10.0 Å². The summed E-state index contributed by atoms with van der Waals surface area (Å²) in [5.74, 6) is 1.86. The van der Waals surface area contributed by atoms with Crippen LogP contribution < -0.4 is 0 Å². The first kappa shape index (κ1) is 25.5. The third-order valence-corrected chi connectivity index (χ3v) is 11.0. The topological polar surface area (TPSA) is 68.4 Å². The number of hydrogen-bond acceptors (Lipinski definition) is 6. The Balaban J connectivity index is 1.15. The zero-order chi connectivity index (χ0) is 26.2. The SMILES string of the molecule is C[C@H]1C[C@@H]2C[C@H](OCc3c(-c4c(Cl)cccc4Cl)noc3C3CC3)C[C@H]1[C@]2(O)c1nc2ccc(Br)cc2s1. The van der Waals surface area contributed by atoms with Gasteiger partial charge in [0.15, 0.2) is 0 Å². The lowest BCUT2D eigenvalue weighted by atomic mass is 9.72. The van der Waals surface area contributed by atoms with Crippen molar-refractivity contribution in [1.29, 1.82) is 0 Å². The summed E-state index contributed by atoms with van der Waals surface area (Å²) in [6.45, 7) is 2.64. The van der Waals surface area contributed by atoms with E-state index >= 15 is 0 Å². The van der Waals surface area contributed by atoms with Gasteiger partial charge in [0.25, 0.3) is 0 Å². The van der Waals surface area contributed by atoms with E-state index in [9.17, 15) is 5.11 Å². The first-order valence-electron chi connectivity index (χ1n) is 13.2. The Morgan fingerprint density at radius 1 is 1.16 bits per heavy atom. The van der Waals surface area contributed by atoms with Gasteiger partial charge in [0, 0.05) is 21.5 Å². The second-order valence-corrected chi connectivity index (χ2v) is 13.9. The third-order valence-electron chi connectivity index (χ3n) is 8.72. The van der Waals surface area contributed by atoms with Crippen LogP contribution in [0, 0.1) is 17.8 Å². The molecule has 2 bridgehead atoms. The number of hydrogen-bond donors (Lipinski definition) is 1. The van der Waals surface area contributed by atoms with Crippen molar-refractivity contribution in [2.24, 2.45) is 17.8 Å². The quantitative estimate of drug-likeness (QED) is 0.230. The maximum atomic E-state index is 12.2. The molecule has 1 N–H and O–H groups in total. The number of benzene rings is 2. The highest BCUT2D eigenvalue weighted by Crippen LogP contribution is 2.59. The van der Waals surface area contributed by atoms with E-state index in [-0.39, 0.29) is 17.9 Å². The lowest BCUT2D eigenvalue weighted by molar-refractivity contribution is -0.120. The van der Waals surface area contributed by atoms with Crippen LogP contribution in [0.4, 0.5) is 0 Å². The van der Waals surface area contributed by atoms with Gasteiger partial charge in [-0.3, -0.25) is 0 Å². The second kappa shape index (κ2) is 9.57. The van der Waals surface area contributed by atoms with E-state index in [2.05, 4.69) is 34.1 Å². The van der Waals surface area contributed by atoms with Crippen molar-refractivity contribution in [1.82, 2.24) is 10.1 Å². The van der Waals surface area contributed by atoms with Crippen LogP contribution in [0.25, 0.3) is 21.5 Å². The van der Waals surface area contributed by atoms with Crippen LogP contribution in [0.3, 0.4) is 0 Å². The molecule has 0 amide bonds. The summed E-state index contributed by atoms with van der Waals surface area (Å²) in [6.07, 6.45) is 4.78. The molecule has 0 radical (unpaired) electrons. The average Bonchev–Trinajstić information content (AvgIpc) is 3.48. The summed E-state index contributed by atoms with van der Waals surface area (Å²) in [5.41, 5.74) is 2.34. The molecule has 4 aromatic rings. The van der Waals surface area contributed by atoms with E-state index in [1.165, 1.54) is 0 Å². The van der Waals surface area contributed by atoms with Gasteiger partial charge >= 0.3 is 0 Å². The van der Waals surface area contributed by atoms with Crippen molar-refractivity contribution >= 4 is 60.7 Å². The van der Waals surface area contributed by atoms with E-state index in [4.69, 9.17) is 37.4 Å². The lowest BCUT2D eigenvalue weighted by Gasteiger charge is -2.41. The van der Waals surface area contributed by atoms with Gasteiger partial charge in [0.2, 0.25) is 0 Å². The number of rotatable bonds is 6. The number of aliphatic hydroxyl groups is 1. The maximum Gasteiger partial charge on any atom is 0.145 e. The van der Waals surface area contributed by atoms with E-state index in [0.717, 1.165) is 63.1 Å². The molecule has 5 atom stereocenters. The Labute approximate surface area is 243 Å². The predicted molar refractivity (Wildman–Crippen MR) is 154 cm³/mol. The zero-order valence-electron chi connectivity index (χ0n) is 20.8. The lowest BCUT2D eigenvalue weighted by Crippen LogP contribution is -2.45. The van der Waals surface area contributed by atoms with Gasteiger partial charge in [-0.15, -0.1) is 11.3 Å². The molecule has 0 saturated heterocycles. The highest BCUT2D eigenvalue weighted by Gasteiger charge is 2.59. The summed E-state index contributed by atoms with van der Waals surface area (Å²) >= 11 is 18.2. The Bertz CT molecular complexity index is 1520. The van der Waals surface area contributed by atoms with Crippen molar-refractivity contribution in [3.8, 4) is 11.3 Å². The number of fused-ring (bicyclic) bond motifs is 3.